The Morgan fingerprint density at radius 2 is 2.10 bits per heavy atom. The third kappa shape index (κ3) is 3.61. The molecule has 1 aromatic carbocycles. The summed E-state index contributed by atoms with van der Waals surface area (Å²) in [4.78, 5) is 28.2. The molecule has 30 heavy (non-hydrogen) atoms. The van der Waals surface area contributed by atoms with Crippen molar-refractivity contribution in [1.82, 2.24) is 19.9 Å². The molecule has 3 heterocycles. The minimum atomic E-state index is -0.378. The molecule has 0 atom stereocenters. The summed E-state index contributed by atoms with van der Waals surface area (Å²) in [5, 5.41) is 14.1. The van der Waals surface area contributed by atoms with Crippen molar-refractivity contribution in [2.75, 3.05) is 10.6 Å². The normalized spacial score (nSPS) is 17.6. The Morgan fingerprint density at radius 1 is 1.27 bits per heavy atom. The summed E-state index contributed by atoms with van der Waals surface area (Å²) in [6.45, 7) is 1.99. The molecule has 152 valence electrons. The summed E-state index contributed by atoms with van der Waals surface area (Å²) in [7, 11) is 0. The van der Waals surface area contributed by atoms with Gasteiger partial charge in [0.15, 0.2) is 5.65 Å². The van der Waals surface area contributed by atoms with Crippen LogP contribution in [0, 0.1) is 6.92 Å². The van der Waals surface area contributed by atoms with Crippen LogP contribution >= 0.6 is 11.6 Å². The highest BCUT2D eigenvalue weighted by atomic mass is 35.5. The lowest BCUT2D eigenvalue weighted by Crippen LogP contribution is -2.19. The second-order valence-corrected chi connectivity index (χ2v) is 8.02. The zero-order valence-corrected chi connectivity index (χ0v) is 17.0. The van der Waals surface area contributed by atoms with Crippen molar-refractivity contribution in [2.45, 2.75) is 32.2 Å². The number of hydrogen-bond acceptors (Lipinski definition) is 6. The fourth-order valence-electron chi connectivity index (χ4n) is 3.37. The highest BCUT2D eigenvalue weighted by Crippen LogP contribution is 2.30. The lowest BCUT2D eigenvalue weighted by molar-refractivity contribution is -0.124. The summed E-state index contributed by atoms with van der Waals surface area (Å²) in [5.41, 5.74) is 3.46. The predicted molar refractivity (Wildman–Crippen MR) is 115 cm³/mol. The van der Waals surface area contributed by atoms with E-state index in [9.17, 15) is 9.59 Å². The average molecular weight is 423 g/mol. The van der Waals surface area contributed by atoms with Crippen LogP contribution in [0.3, 0.4) is 0 Å². The summed E-state index contributed by atoms with van der Waals surface area (Å²) >= 11 is 6.34. The number of halogens is 1. The van der Waals surface area contributed by atoms with Crippen LogP contribution in [0.25, 0.3) is 11.7 Å². The Kier molecular flexibility index (Phi) is 4.43. The second-order valence-electron chi connectivity index (χ2n) is 7.61. The zero-order valence-electron chi connectivity index (χ0n) is 16.2. The summed E-state index contributed by atoms with van der Waals surface area (Å²) in [6.07, 6.45) is 5.58. The van der Waals surface area contributed by atoms with E-state index in [0.717, 1.165) is 29.9 Å². The number of rotatable bonds is 5. The molecule has 8 nitrogen and oxygen atoms in total. The maximum absolute atomic E-state index is 12.0. The SMILES string of the molecule is Cc1ccc(Cl)c(Nc2cc(NC3CC3)n3ncc(C=C4CC(=O)NC4=O)c3n2)c1. The number of carbonyl (C=O) groups excluding carboxylic acids is 2. The number of nitrogens with zero attached hydrogens (tertiary/aromatic N) is 3. The number of hydrogen-bond donors (Lipinski definition) is 3. The van der Waals surface area contributed by atoms with Crippen molar-refractivity contribution in [3.05, 3.63) is 52.2 Å². The van der Waals surface area contributed by atoms with E-state index < -0.39 is 0 Å². The highest BCUT2D eigenvalue weighted by molar-refractivity contribution is 6.33. The maximum Gasteiger partial charge on any atom is 0.254 e. The van der Waals surface area contributed by atoms with E-state index in [2.05, 4.69) is 21.0 Å². The first-order valence-electron chi connectivity index (χ1n) is 9.69. The number of fused-ring (bicyclic) bond motifs is 1. The van der Waals surface area contributed by atoms with Crippen LogP contribution in [0.1, 0.15) is 30.4 Å². The molecule has 0 bridgehead atoms. The molecule has 2 amide bonds. The molecule has 0 unspecified atom stereocenters. The van der Waals surface area contributed by atoms with Gasteiger partial charge in [-0.3, -0.25) is 14.9 Å². The average Bonchev–Trinajstić information content (AvgIpc) is 3.34. The molecule has 2 fully saturated rings. The monoisotopic (exact) mass is 422 g/mol. The minimum Gasteiger partial charge on any atom is -0.367 e. The van der Waals surface area contributed by atoms with E-state index in [1.54, 1.807) is 16.8 Å². The van der Waals surface area contributed by atoms with Gasteiger partial charge in [0.1, 0.15) is 11.6 Å². The number of carbonyl (C=O) groups is 2. The van der Waals surface area contributed by atoms with Crippen molar-refractivity contribution in [2.24, 2.45) is 0 Å². The third-order valence-corrected chi connectivity index (χ3v) is 5.37. The van der Waals surface area contributed by atoms with Crippen LogP contribution < -0.4 is 16.0 Å². The third-order valence-electron chi connectivity index (χ3n) is 5.04. The van der Waals surface area contributed by atoms with Gasteiger partial charge in [-0.15, -0.1) is 0 Å². The molecule has 2 aromatic heterocycles. The minimum absolute atomic E-state index is 0.0557. The fraction of sp³-hybridized carbons (Fsp3) is 0.238. The Labute approximate surface area is 177 Å². The van der Waals surface area contributed by atoms with Crippen molar-refractivity contribution in [1.29, 1.82) is 0 Å². The Hall–Kier alpha value is -3.39. The van der Waals surface area contributed by atoms with Gasteiger partial charge in [0.05, 0.1) is 23.3 Å². The fourth-order valence-corrected chi connectivity index (χ4v) is 3.53. The van der Waals surface area contributed by atoms with Crippen LogP contribution in [0.4, 0.5) is 17.3 Å². The summed E-state index contributed by atoms with van der Waals surface area (Å²) < 4.78 is 1.71. The van der Waals surface area contributed by atoms with Crippen molar-refractivity contribution >= 4 is 52.5 Å². The predicted octanol–water partition coefficient (Wildman–Crippen LogP) is 3.44. The molecule has 3 N–H and O–H groups in total. The molecule has 1 aliphatic heterocycles. The van der Waals surface area contributed by atoms with Gasteiger partial charge in [-0.2, -0.15) is 9.61 Å². The van der Waals surface area contributed by atoms with E-state index in [1.165, 1.54) is 0 Å². The first kappa shape index (κ1) is 18.6. The van der Waals surface area contributed by atoms with Gasteiger partial charge in [0, 0.05) is 23.2 Å². The van der Waals surface area contributed by atoms with Crippen molar-refractivity contribution < 1.29 is 9.59 Å². The van der Waals surface area contributed by atoms with Gasteiger partial charge < -0.3 is 10.6 Å². The summed E-state index contributed by atoms with van der Waals surface area (Å²) in [5.74, 6) is 0.718. The van der Waals surface area contributed by atoms with E-state index in [-0.39, 0.29) is 18.2 Å². The van der Waals surface area contributed by atoms with Crippen LogP contribution in [0.15, 0.2) is 36.0 Å². The molecular formula is C21H19ClN6O2. The van der Waals surface area contributed by atoms with Gasteiger partial charge in [0.2, 0.25) is 5.91 Å². The maximum atomic E-state index is 12.0. The quantitative estimate of drug-likeness (QED) is 0.430. The number of imide groups is 1. The zero-order chi connectivity index (χ0) is 20.8. The van der Waals surface area contributed by atoms with Gasteiger partial charge in [-0.1, -0.05) is 17.7 Å². The number of amides is 2. The number of nitrogens with one attached hydrogen (secondary N) is 3. The molecule has 0 radical (unpaired) electrons. The smallest absolute Gasteiger partial charge is 0.254 e. The molecular weight excluding hydrogens is 404 g/mol. The number of aryl methyl sites for hydroxylation is 1. The number of benzene rings is 1. The lowest BCUT2D eigenvalue weighted by Gasteiger charge is -2.13. The molecule has 3 aromatic rings. The lowest BCUT2D eigenvalue weighted by atomic mass is 10.1. The van der Waals surface area contributed by atoms with E-state index in [1.807, 2.05) is 31.2 Å². The van der Waals surface area contributed by atoms with Gasteiger partial charge >= 0.3 is 0 Å². The Morgan fingerprint density at radius 3 is 2.83 bits per heavy atom. The molecule has 2 aliphatic rings. The Bertz CT molecular complexity index is 1230. The molecule has 1 saturated heterocycles. The molecule has 9 heteroatoms. The van der Waals surface area contributed by atoms with E-state index >= 15 is 0 Å². The Balaban J connectivity index is 1.59. The van der Waals surface area contributed by atoms with E-state index in [0.29, 0.717) is 33.7 Å². The highest BCUT2D eigenvalue weighted by Gasteiger charge is 2.25. The number of anilines is 3. The van der Waals surface area contributed by atoms with Crippen LogP contribution in [0.5, 0.6) is 0 Å². The topological polar surface area (TPSA) is 100 Å². The molecule has 1 aliphatic carbocycles. The molecule has 5 rings (SSSR count). The number of aromatic nitrogens is 3. The van der Waals surface area contributed by atoms with Crippen LogP contribution in [-0.2, 0) is 9.59 Å². The largest absolute Gasteiger partial charge is 0.367 e. The second kappa shape index (κ2) is 7.14. The van der Waals surface area contributed by atoms with Gasteiger partial charge in [-0.05, 0) is 43.5 Å². The first-order chi connectivity index (χ1) is 14.5. The van der Waals surface area contributed by atoms with Gasteiger partial charge in [-0.25, -0.2) is 4.98 Å². The van der Waals surface area contributed by atoms with Crippen LogP contribution in [-0.4, -0.2) is 32.5 Å². The first-order valence-corrected chi connectivity index (χ1v) is 10.1. The van der Waals surface area contributed by atoms with Crippen molar-refractivity contribution in [3.63, 3.8) is 0 Å². The standard InChI is InChI=1S/C21H19ClN6O2/c1-11-2-5-15(22)16(6-11)25-17-9-18(24-14-3-4-14)28-20(26-17)13(10-23-28)7-12-8-19(29)27-21(12)30/h2,5-7,9-10,14,24H,3-4,8H2,1H3,(H,25,26)(H,27,29,30). The molecule has 0 spiro atoms. The van der Waals surface area contributed by atoms with E-state index in [4.69, 9.17) is 16.6 Å². The summed E-state index contributed by atoms with van der Waals surface area (Å²) in [6, 6.07) is 8.04. The molecule has 1 saturated carbocycles. The van der Waals surface area contributed by atoms with Crippen molar-refractivity contribution in [3.8, 4) is 0 Å². The van der Waals surface area contributed by atoms with Gasteiger partial charge in [0.25, 0.3) is 5.91 Å². The van der Waals surface area contributed by atoms with Crippen LogP contribution in [0.2, 0.25) is 5.02 Å².